The average Bonchev–Trinajstić information content (AvgIpc) is 3.09. The van der Waals surface area contributed by atoms with Gasteiger partial charge < -0.3 is 10.2 Å². The average molecular weight is 295 g/mol. The molecule has 1 aromatic heterocycles. The van der Waals surface area contributed by atoms with Crippen LogP contribution in [0.15, 0.2) is 40.8 Å². The van der Waals surface area contributed by atoms with Crippen LogP contribution in [0.3, 0.4) is 0 Å². The van der Waals surface area contributed by atoms with E-state index >= 15 is 0 Å². The van der Waals surface area contributed by atoms with E-state index in [4.69, 9.17) is 10.2 Å². The Bertz CT molecular complexity index is 911. The highest BCUT2D eigenvalue weighted by Crippen LogP contribution is 2.35. The van der Waals surface area contributed by atoms with E-state index in [0.29, 0.717) is 5.58 Å². The van der Waals surface area contributed by atoms with Crippen LogP contribution < -0.4 is 5.73 Å². The van der Waals surface area contributed by atoms with Gasteiger partial charge >= 0.3 is 0 Å². The molecular formula is C18H14FNO2. The number of hydrogen-bond donors (Lipinski definition) is 1. The molecule has 3 aromatic rings. The lowest BCUT2D eigenvalue weighted by Gasteiger charge is -2.00. The Morgan fingerprint density at radius 3 is 2.64 bits per heavy atom. The standard InChI is InChI=1S/C18H14FNO2/c19-14-7-2-1-6-12(14)17(21)18-16(20)13-8-10-4-3-5-11(10)9-15(13)22-18/h1-2,6-9H,3-5,20H2. The predicted molar refractivity (Wildman–Crippen MR) is 82.5 cm³/mol. The molecule has 2 N–H and O–H groups in total. The Balaban J connectivity index is 1.88. The number of aryl methyl sites for hydroxylation is 2. The Hall–Kier alpha value is -2.62. The zero-order valence-electron chi connectivity index (χ0n) is 11.9. The smallest absolute Gasteiger partial charge is 0.233 e. The molecule has 1 heterocycles. The molecule has 1 aliphatic carbocycles. The maximum Gasteiger partial charge on any atom is 0.233 e. The summed E-state index contributed by atoms with van der Waals surface area (Å²) < 4.78 is 19.5. The van der Waals surface area contributed by atoms with Gasteiger partial charge in [-0.1, -0.05) is 12.1 Å². The number of rotatable bonds is 2. The topological polar surface area (TPSA) is 56.2 Å². The molecule has 0 spiro atoms. The normalized spacial score (nSPS) is 13.5. The third-order valence-corrected chi connectivity index (χ3v) is 4.27. The summed E-state index contributed by atoms with van der Waals surface area (Å²) >= 11 is 0. The predicted octanol–water partition coefficient (Wildman–Crippen LogP) is 3.87. The second-order valence-corrected chi connectivity index (χ2v) is 5.62. The van der Waals surface area contributed by atoms with Crippen molar-refractivity contribution in [3.63, 3.8) is 0 Å². The van der Waals surface area contributed by atoms with Crippen LogP contribution in [0.1, 0.15) is 33.7 Å². The van der Waals surface area contributed by atoms with Crippen molar-refractivity contribution in [2.24, 2.45) is 0 Å². The van der Waals surface area contributed by atoms with Crippen molar-refractivity contribution in [2.45, 2.75) is 19.3 Å². The molecule has 0 amide bonds. The minimum atomic E-state index is -0.574. The number of hydrogen-bond acceptors (Lipinski definition) is 3. The van der Waals surface area contributed by atoms with Gasteiger partial charge in [-0.3, -0.25) is 4.79 Å². The summed E-state index contributed by atoms with van der Waals surface area (Å²) in [5.74, 6) is -1.08. The number of furan rings is 1. The lowest BCUT2D eigenvalue weighted by molar-refractivity contribution is 0.101. The largest absolute Gasteiger partial charge is 0.450 e. The minimum Gasteiger partial charge on any atom is -0.450 e. The van der Waals surface area contributed by atoms with Crippen molar-refractivity contribution >= 4 is 22.4 Å². The SMILES string of the molecule is Nc1c(C(=O)c2ccccc2F)oc2cc3c(cc12)CCC3. The van der Waals surface area contributed by atoms with Gasteiger partial charge in [0.2, 0.25) is 5.78 Å². The Kier molecular flexibility index (Phi) is 2.79. The van der Waals surface area contributed by atoms with E-state index in [1.165, 1.54) is 23.3 Å². The number of ketones is 1. The fourth-order valence-corrected chi connectivity index (χ4v) is 3.12. The lowest BCUT2D eigenvalue weighted by Crippen LogP contribution is -2.05. The van der Waals surface area contributed by atoms with Crippen molar-refractivity contribution in [2.75, 3.05) is 5.73 Å². The van der Waals surface area contributed by atoms with Crippen LogP contribution in [0.5, 0.6) is 0 Å². The van der Waals surface area contributed by atoms with Crippen LogP contribution in [0.25, 0.3) is 11.0 Å². The van der Waals surface area contributed by atoms with Gasteiger partial charge in [-0.25, -0.2) is 4.39 Å². The van der Waals surface area contributed by atoms with Crippen LogP contribution in [0.4, 0.5) is 10.1 Å². The van der Waals surface area contributed by atoms with Crippen molar-refractivity contribution in [3.05, 3.63) is 64.7 Å². The second-order valence-electron chi connectivity index (χ2n) is 5.62. The van der Waals surface area contributed by atoms with E-state index in [9.17, 15) is 9.18 Å². The Morgan fingerprint density at radius 2 is 1.86 bits per heavy atom. The van der Waals surface area contributed by atoms with Gasteiger partial charge in [0.15, 0.2) is 5.76 Å². The summed E-state index contributed by atoms with van der Waals surface area (Å²) in [4.78, 5) is 12.5. The molecule has 0 saturated carbocycles. The van der Waals surface area contributed by atoms with Crippen LogP contribution >= 0.6 is 0 Å². The zero-order valence-corrected chi connectivity index (χ0v) is 11.9. The molecule has 1 aliphatic rings. The molecule has 0 radical (unpaired) electrons. The maximum atomic E-state index is 13.8. The van der Waals surface area contributed by atoms with Gasteiger partial charge in [0.05, 0.1) is 11.3 Å². The summed E-state index contributed by atoms with van der Waals surface area (Å²) in [5, 5.41) is 0.736. The molecule has 0 atom stereocenters. The highest BCUT2D eigenvalue weighted by Gasteiger charge is 2.24. The molecular weight excluding hydrogens is 281 g/mol. The number of anilines is 1. The molecule has 4 rings (SSSR count). The van der Waals surface area contributed by atoms with Gasteiger partial charge in [0, 0.05) is 5.39 Å². The van der Waals surface area contributed by atoms with Gasteiger partial charge in [-0.15, -0.1) is 0 Å². The van der Waals surface area contributed by atoms with Crippen LogP contribution in [-0.2, 0) is 12.8 Å². The molecule has 0 saturated heterocycles. The van der Waals surface area contributed by atoms with E-state index in [2.05, 4.69) is 0 Å². The number of nitrogen functional groups attached to an aromatic ring is 1. The van der Waals surface area contributed by atoms with Crippen LogP contribution in [-0.4, -0.2) is 5.78 Å². The molecule has 0 unspecified atom stereocenters. The van der Waals surface area contributed by atoms with Crippen molar-refractivity contribution in [3.8, 4) is 0 Å². The first-order valence-corrected chi connectivity index (χ1v) is 7.28. The maximum absolute atomic E-state index is 13.8. The Labute approximate surface area is 126 Å². The monoisotopic (exact) mass is 295 g/mol. The first-order valence-electron chi connectivity index (χ1n) is 7.28. The third kappa shape index (κ3) is 1.84. The summed E-state index contributed by atoms with van der Waals surface area (Å²) in [6.45, 7) is 0. The first-order chi connectivity index (χ1) is 10.6. The summed E-state index contributed by atoms with van der Waals surface area (Å²) in [5.41, 5.74) is 9.44. The molecule has 4 heteroatoms. The van der Waals surface area contributed by atoms with Gasteiger partial charge in [0.1, 0.15) is 11.4 Å². The van der Waals surface area contributed by atoms with E-state index < -0.39 is 11.6 Å². The minimum absolute atomic E-state index is 0.0174. The Morgan fingerprint density at radius 1 is 1.14 bits per heavy atom. The quantitative estimate of drug-likeness (QED) is 0.730. The van der Waals surface area contributed by atoms with Gasteiger partial charge in [-0.2, -0.15) is 0 Å². The van der Waals surface area contributed by atoms with Crippen molar-refractivity contribution in [1.29, 1.82) is 0 Å². The second kappa shape index (κ2) is 4.70. The highest BCUT2D eigenvalue weighted by molar-refractivity contribution is 6.14. The molecule has 3 nitrogen and oxygen atoms in total. The van der Waals surface area contributed by atoms with Gasteiger partial charge in [-0.05, 0) is 54.7 Å². The number of fused-ring (bicyclic) bond motifs is 2. The molecule has 0 bridgehead atoms. The van der Waals surface area contributed by atoms with Crippen molar-refractivity contribution < 1.29 is 13.6 Å². The lowest BCUT2D eigenvalue weighted by atomic mass is 10.0. The highest BCUT2D eigenvalue weighted by atomic mass is 19.1. The van der Waals surface area contributed by atoms with E-state index in [-0.39, 0.29) is 17.0 Å². The van der Waals surface area contributed by atoms with Gasteiger partial charge in [0.25, 0.3) is 0 Å². The van der Waals surface area contributed by atoms with E-state index in [0.717, 1.165) is 24.6 Å². The fraction of sp³-hybridized carbons (Fsp3) is 0.167. The molecule has 2 aromatic carbocycles. The number of carbonyl (C=O) groups excluding carboxylic acids is 1. The van der Waals surface area contributed by atoms with E-state index in [1.807, 2.05) is 12.1 Å². The summed E-state index contributed by atoms with van der Waals surface area (Å²) in [6.07, 6.45) is 3.16. The van der Waals surface area contributed by atoms with Crippen molar-refractivity contribution in [1.82, 2.24) is 0 Å². The van der Waals surface area contributed by atoms with E-state index in [1.54, 1.807) is 12.1 Å². The molecule has 22 heavy (non-hydrogen) atoms. The fourth-order valence-electron chi connectivity index (χ4n) is 3.12. The number of nitrogens with two attached hydrogens (primary N) is 1. The summed E-state index contributed by atoms with van der Waals surface area (Å²) in [7, 11) is 0. The zero-order chi connectivity index (χ0) is 15.3. The molecule has 0 fully saturated rings. The first kappa shape index (κ1) is 13.1. The van der Waals surface area contributed by atoms with Crippen LogP contribution in [0.2, 0.25) is 0 Å². The number of halogens is 1. The molecule has 0 aliphatic heterocycles. The molecule has 110 valence electrons. The number of carbonyl (C=O) groups is 1. The van der Waals surface area contributed by atoms with Crippen LogP contribution in [0, 0.1) is 5.82 Å². The third-order valence-electron chi connectivity index (χ3n) is 4.27. The summed E-state index contributed by atoms with van der Waals surface area (Å²) in [6, 6.07) is 9.79. The number of benzene rings is 2.